The Morgan fingerprint density at radius 1 is 0.967 bits per heavy atom. The van der Waals surface area contributed by atoms with Gasteiger partial charge in [-0.3, -0.25) is 22.9 Å². The first-order chi connectivity index (χ1) is 14.4. The predicted octanol–water partition coefficient (Wildman–Crippen LogP) is 2.81. The van der Waals surface area contributed by atoms with Crippen LogP contribution in [0, 0.1) is 0 Å². The molecule has 30 heavy (non-hydrogen) atoms. The molecular formula is C21H16BrN5O3. The molecule has 0 saturated heterocycles. The van der Waals surface area contributed by atoms with E-state index in [0.717, 1.165) is 20.3 Å². The van der Waals surface area contributed by atoms with E-state index in [9.17, 15) is 14.7 Å². The molecule has 9 heteroatoms. The van der Waals surface area contributed by atoms with Gasteiger partial charge in [0.15, 0.2) is 11.2 Å². The number of para-hydroxylation sites is 2. The van der Waals surface area contributed by atoms with Crippen molar-refractivity contribution >= 4 is 32.9 Å². The Kier molecular flexibility index (Phi) is 3.97. The molecule has 3 aromatic heterocycles. The Bertz CT molecular complexity index is 1570. The van der Waals surface area contributed by atoms with E-state index in [0.29, 0.717) is 17.0 Å². The summed E-state index contributed by atoms with van der Waals surface area (Å²) in [6.07, 6.45) is 1.80. The number of phenols is 1. The average Bonchev–Trinajstić information content (AvgIpc) is 3.28. The van der Waals surface area contributed by atoms with Crippen molar-refractivity contribution in [2.24, 2.45) is 14.1 Å². The maximum absolute atomic E-state index is 12.9. The number of nitrogens with zero attached hydrogens (tertiary/aromatic N) is 5. The van der Waals surface area contributed by atoms with Crippen molar-refractivity contribution in [1.29, 1.82) is 0 Å². The maximum Gasteiger partial charge on any atom is 0.332 e. The van der Waals surface area contributed by atoms with Crippen LogP contribution in [0.25, 0.3) is 33.9 Å². The lowest BCUT2D eigenvalue weighted by Gasteiger charge is -2.10. The number of aromatic hydroxyl groups is 1. The molecule has 150 valence electrons. The van der Waals surface area contributed by atoms with Crippen LogP contribution < -0.4 is 11.2 Å². The quantitative estimate of drug-likeness (QED) is 0.434. The third-order valence-corrected chi connectivity index (χ3v) is 5.76. The summed E-state index contributed by atoms with van der Waals surface area (Å²) in [5.74, 6) is 0.491. The van der Waals surface area contributed by atoms with Crippen molar-refractivity contribution in [3.8, 4) is 22.7 Å². The molecular weight excluding hydrogens is 450 g/mol. The fraction of sp³-hybridized carbons (Fsp3) is 0.0952. The maximum atomic E-state index is 12.9. The predicted molar refractivity (Wildman–Crippen MR) is 117 cm³/mol. The van der Waals surface area contributed by atoms with Crippen molar-refractivity contribution in [2.45, 2.75) is 0 Å². The lowest BCUT2D eigenvalue weighted by Crippen LogP contribution is -2.37. The van der Waals surface area contributed by atoms with Crippen molar-refractivity contribution in [2.75, 3.05) is 0 Å². The Morgan fingerprint density at radius 3 is 2.37 bits per heavy atom. The molecule has 5 rings (SSSR count). The summed E-state index contributed by atoms with van der Waals surface area (Å²) in [6, 6.07) is 14.6. The Morgan fingerprint density at radius 2 is 1.67 bits per heavy atom. The number of phenolic OH excluding ortho intramolecular Hbond substituents is 1. The molecule has 0 aliphatic carbocycles. The lowest BCUT2D eigenvalue weighted by molar-refractivity contribution is 0.473. The number of hydrogen-bond donors (Lipinski definition) is 1. The number of halogens is 1. The first kappa shape index (κ1) is 18.4. The summed E-state index contributed by atoms with van der Waals surface area (Å²) < 4.78 is 6.79. The van der Waals surface area contributed by atoms with Gasteiger partial charge in [0.1, 0.15) is 5.75 Å². The summed E-state index contributed by atoms with van der Waals surface area (Å²) in [7, 11) is 3.02. The highest BCUT2D eigenvalue weighted by Crippen LogP contribution is 2.32. The molecule has 0 unspecified atom stereocenters. The van der Waals surface area contributed by atoms with Crippen molar-refractivity contribution < 1.29 is 5.11 Å². The van der Waals surface area contributed by atoms with E-state index in [2.05, 4.69) is 20.9 Å². The molecule has 3 heterocycles. The Hall–Kier alpha value is -3.59. The Labute approximate surface area is 178 Å². The van der Waals surface area contributed by atoms with Crippen LogP contribution in [0.3, 0.4) is 0 Å². The molecule has 0 spiro atoms. The third-order valence-electron chi connectivity index (χ3n) is 5.23. The van der Waals surface area contributed by atoms with Gasteiger partial charge in [-0.2, -0.15) is 4.98 Å². The SMILES string of the molecule is Cn1c(=O)c2c(nc3n(-c4ccccc4O)c(-c4ccc(Br)cc4)cn23)n(C)c1=O. The standard InChI is InChI=1S/C21H16BrN5O3/c1-24-18-17(19(29)25(2)21(24)30)26-11-15(12-7-9-13(22)10-8-12)27(20(26)23-18)14-5-3-4-6-16(14)28/h3-11,28H,1-2H3. The van der Waals surface area contributed by atoms with Crippen molar-refractivity contribution in [1.82, 2.24) is 23.1 Å². The summed E-state index contributed by atoms with van der Waals surface area (Å²) in [5, 5.41) is 10.5. The topological polar surface area (TPSA) is 86.5 Å². The normalized spacial score (nSPS) is 11.6. The summed E-state index contributed by atoms with van der Waals surface area (Å²) in [6.45, 7) is 0. The molecule has 0 fully saturated rings. The number of benzene rings is 2. The molecule has 8 nitrogen and oxygen atoms in total. The van der Waals surface area contributed by atoms with E-state index in [1.807, 2.05) is 30.3 Å². The van der Waals surface area contributed by atoms with Crippen LogP contribution >= 0.6 is 15.9 Å². The van der Waals surface area contributed by atoms with E-state index in [4.69, 9.17) is 0 Å². The highest BCUT2D eigenvalue weighted by molar-refractivity contribution is 9.10. The van der Waals surface area contributed by atoms with E-state index < -0.39 is 11.2 Å². The smallest absolute Gasteiger partial charge is 0.332 e. The summed E-state index contributed by atoms with van der Waals surface area (Å²) in [5.41, 5.74) is 1.83. The zero-order valence-corrected chi connectivity index (χ0v) is 17.7. The molecule has 2 aromatic carbocycles. The molecule has 0 radical (unpaired) electrons. The van der Waals surface area contributed by atoms with Gasteiger partial charge in [0, 0.05) is 30.3 Å². The molecule has 0 bridgehead atoms. The molecule has 0 aliphatic heterocycles. The number of hydrogen-bond acceptors (Lipinski definition) is 4. The van der Waals surface area contributed by atoms with Gasteiger partial charge in [-0.05, 0) is 24.3 Å². The first-order valence-corrected chi connectivity index (χ1v) is 9.91. The summed E-state index contributed by atoms with van der Waals surface area (Å²) in [4.78, 5) is 29.9. The van der Waals surface area contributed by atoms with Gasteiger partial charge >= 0.3 is 5.69 Å². The van der Waals surface area contributed by atoms with Crippen LogP contribution in [-0.4, -0.2) is 28.2 Å². The zero-order chi connectivity index (χ0) is 21.2. The minimum absolute atomic E-state index is 0.0720. The van der Waals surface area contributed by atoms with Crippen molar-refractivity contribution in [3.05, 3.63) is 80.0 Å². The summed E-state index contributed by atoms with van der Waals surface area (Å²) >= 11 is 3.44. The molecule has 5 aromatic rings. The highest BCUT2D eigenvalue weighted by Gasteiger charge is 2.22. The molecule has 1 N–H and O–H groups in total. The average molecular weight is 466 g/mol. The second-order valence-electron chi connectivity index (χ2n) is 7.01. The minimum Gasteiger partial charge on any atom is -0.506 e. The fourth-order valence-electron chi connectivity index (χ4n) is 3.69. The Balaban J connectivity index is 1.99. The number of rotatable bonds is 2. The van der Waals surface area contributed by atoms with Crippen LogP contribution in [0.4, 0.5) is 0 Å². The van der Waals surface area contributed by atoms with E-state index in [1.54, 1.807) is 40.4 Å². The van der Waals surface area contributed by atoms with Crippen LogP contribution in [0.15, 0.2) is 68.8 Å². The van der Waals surface area contributed by atoms with Crippen molar-refractivity contribution in [3.63, 3.8) is 0 Å². The molecule has 0 saturated carbocycles. The lowest BCUT2D eigenvalue weighted by atomic mass is 10.1. The van der Waals surface area contributed by atoms with Gasteiger partial charge in [0.2, 0.25) is 5.78 Å². The first-order valence-electron chi connectivity index (χ1n) is 9.12. The van der Waals surface area contributed by atoms with Crippen LogP contribution in [0.1, 0.15) is 0 Å². The number of fused-ring (bicyclic) bond motifs is 3. The van der Waals surface area contributed by atoms with Gasteiger partial charge in [-0.15, -0.1) is 0 Å². The van der Waals surface area contributed by atoms with Crippen LogP contribution in [0.5, 0.6) is 5.75 Å². The third kappa shape index (κ3) is 2.48. The van der Waals surface area contributed by atoms with Gasteiger partial charge in [0.25, 0.3) is 5.56 Å². The molecule has 0 atom stereocenters. The van der Waals surface area contributed by atoms with Crippen LogP contribution in [0.2, 0.25) is 0 Å². The molecule has 0 amide bonds. The minimum atomic E-state index is -0.449. The highest BCUT2D eigenvalue weighted by atomic mass is 79.9. The second kappa shape index (κ2) is 6.46. The van der Waals surface area contributed by atoms with E-state index in [-0.39, 0.29) is 11.4 Å². The zero-order valence-electron chi connectivity index (χ0n) is 16.1. The largest absolute Gasteiger partial charge is 0.506 e. The monoisotopic (exact) mass is 465 g/mol. The number of imidazole rings is 2. The van der Waals surface area contributed by atoms with Crippen LogP contribution in [-0.2, 0) is 14.1 Å². The van der Waals surface area contributed by atoms with E-state index in [1.165, 1.54) is 11.6 Å². The number of aromatic nitrogens is 5. The fourth-order valence-corrected chi connectivity index (χ4v) is 3.95. The van der Waals surface area contributed by atoms with Gasteiger partial charge in [-0.25, -0.2) is 4.79 Å². The van der Waals surface area contributed by atoms with Gasteiger partial charge in [-0.1, -0.05) is 40.2 Å². The second-order valence-corrected chi connectivity index (χ2v) is 7.92. The molecule has 0 aliphatic rings. The van der Waals surface area contributed by atoms with E-state index >= 15 is 0 Å². The van der Waals surface area contributed by atoms with Gasteiger partial charge < -0.3 is 5.11 Å². The number of aryl methyl sites for hydroxylation is 1. The van der Waals surface area contributed by atoms with Gasteiger partial charge in [0.05, 0.1) is 11.4 Å².